The Bertz CT molecular complexity index is 1100. The largest absolute Gasteiger partial charge is 0.367 e. The quantitative estimate of drug-likeness (QED) is 0.529. The van der Waals surface area contributed by atoms with Crippen LogP contribution in [0, 0.1) is 5.92 Å². The maximum atomic E-state index is 12.9. The lowest BCUT2D eigenvalue weighted by atomic mass is 10.1. The second-order valence-electron chi connectivity index (χ2n) is 6.70. The molecule has 28 heavy (non-hydrogen) atoms. The smallest absolute Gasteiger partial charge is 0.264 e. The zero-order valence-electron chi connectivity index (χ0n) is 15.4. The van der Waals surface area contributed by atoms with E-state index >= 15 is 0 Å². The van der Waals surface area contributed by atoms with Gasteiger partial charge < -0.3 is 5.32 Å². The standard InChI is InChI=1S/C19H20Cl2N4O2S/c1-12(2)9-10-22-18-19(24-16-6-4-3-5-15(16)23-18)25-28(26,27)17-11-13(20)7-8-14(17)21/h3-8,11-12H,9-10H2,1-2H3,(H,22,23)(H,24,25). The lowest BCUT2D eigenvalue weighted by molar-refractivity contribution is 0.600. The molecule has 0 aliphatic heterocycles. The fourth-order valence-corrected chi connectivity index (χ4v) is 4.31. The van der Waals surface area contributed by atoms with Crippen LogP contribution >= 0.6 is 23.2 Å². The van der Waals surface area contributed by atoms with Gasteiger partial charge in [0.25, 0.3) is 10.0 Å². The van der Waals surface area contributed by atoms with E-state index in [4.69, 9.17) is 23.2 Å². The molecule has 0 aliphatic carbocycles. The maximum absolute atomic E-state index is 12.9. The Morgan fingerprint density at radius 3 is 2.29 bits per heavy atom. The van der Waals surface area contributed by atoms with E-state index in [0.29, 0.717) is 29.3 Å². The third-order valence-corrected chi connectivity index (χ3v) is 6.05. The minimum Gasteiger partial charge on any atom is -0.367 e. The topological polar surface area (TPSA) is 84.0 Å². The van der Waals surface area contributed by atoms with Gasteiger partial charge in [-0.15, -0.1) is 0 Å². The molecule has 0 amide bonds. The van der Waals surface area contributed by atoms with Gasteiger partial charge in [0.05, 0.1) is 16.1 Å². The minimum atomic E-state index is -4.01. The molecule has 0 saturated heterocycles. The lowest BCUT2D eigenvalue weighted by Gasteiger charge is -2.15. The van der Waals surface area contributed by atoms with Crippen LogP contribution in [0.25, 0.3) is 11.0 Å². The van der Waals surface area contributed by atoms with E-state index in [0.717, 1.165) is 6.42 Å². The van der Waals surface area contributed by atoms with E-state index in [-0.39, 0.29) is 20.8 Å². The zero-order chi connectivity index (χ0) is 20.3. The molecule has 0 unspecified atom stereocenters. The number of rotatable bonds is 7. The van der Waals surface area contributed by atoms with Gasteiger partial charge in [-0.2, -0.15) is 0 Å². The van der Waals surface area contributed by atoms with Gasteiger partial charge in [0.2, 0.25) is 0 Å². The van der Waals surface area contributed by atoms with Crippen LogP contribution in [0.5, 0.6) is 0 Å². The number of sulfonamides is 1. The molecule has 3 rings (SSSR count). The molecule has 0 radical (unpaired) electrons. The predicted molar refractivity (Wildman–Crippen MR) is 115 cm³/mol. The van der Waals surface area contributed by atoms with Gasteiger partial charge >= 0.3 is 0 Å². The minimum absolute atomic E-state index is 0.0694. The molecule has 3 aromatic rings. The van der Waals surface area contributed by atoms with Crippen molar-refractivity contribution in [3.8, 4) is 0 Å². The summed E-state index contributed by atoms with van der Waals surface area (Å²) in [5.74, 6) is 0.964. The first kappa shape index (κ1) is 20.6. The number of anilines is 2. The summed E-state index contributed by atoms with van der Waals surface area (Å²) in [4.78, 5) is 8.85. The fourth-order valence-electron chi connectivity index (χ4n) is 2.54. The molecule has 1 aromatic heterocycles. The monoisotopic (exact) mass is 438 g/mol. The number of fused-ring (bicyclic) bond motifs is 1. The summed E-state index contributed by atoms with van der Waals surface area (Å²) in [5.41, 5.74) is 1.24. The Balaban J connectivity index is 2.01. The van der Waals surface area contributed by atoms with Crippen LogP contribution in [-0.2, 0) is 10.0 Å². The second kappa shape index (κ2) is 8.51. The third-order valence-electron chi connectivity index (χ3n) is 4.00. The Hall–Kier alpha value is -2.09. The van der Waals surface area contributed by atoms with Crippen LogP contribution in [-0.4, -0.2) is 24.9 Å². The number of hydrogen-bond acceptors (Lipinski definition) is 5. The highest BCUT2D eigenvalue weighted by Crippen LogP contribution is 2.29. The van der Waals surface area contributed by atoms with Gasteiger partial charge in [-0.1, -0.05) is 49.2 Å². The van der Waals surface area contributed by atoms with Crippen molar-refractivity contribution in [3.63, 3.8) is 0 Å². The van der Waals surface area contributed by atoms with Gasteiger partial charge in [0.15, 0.2) is 11.6 Å². The van der Waals surface area contributed by atoms with Crippen molar-refractivity contribution in [1.82, 2.24) is 9.97 Å². The van der Waals surface area contributed by atoms with Crippen LogP contribution in [0.15, 0.2) is 47.4 Å². The van der Waals surface area contributed by atoms with Crippen molar-refractivity contribution in [1.29, 1.82) is 0 Å². The van der Waals surface area contributed by atoms with E-state index in [1.807, 2.05) is 18.2 Å². The third kappa shape index (κ3) is 4.84. The molecule has 0 spiro atoms. The molecule has 9 heteroatoms. The van der Waals surface area contributed by atoms with Gasteiger partial charge in [-0.05, 0) is 42.7 Å². The summed E-state index contributed by atoms with van der Waals surface area (Å²) in [6.45, 7) is 4.86. The summed E-state index contributed by atoms with van der Waals surface area (Å²) >= 11 is 12.0. The van der Waals surface area contributed by atoms with Crippen molar-refractivity contribution < 1.29 is 8.42 Å². The van der Waals surface area contributed by atoms with Crippen LogP contribution in [0.2, 0.25) is 10.0 Å². The molecule has 0 bridgehead atoms. The molecule has 0 saturated carbocycles. The van der Waals surface area contributed by atoms with Crippen molar-refractivity contribution in [2.45, 2.75) is 25.2 Å². The summed E-state index contributed by atoms with van der Waals surface area (Å²) in [6.07, 6.45) is 0.904. The highest BCUT2D eigenvalue weighted by molar-refractivity contribution is 7.92. The van der Waals surface area contributed by atoms with E-state index in [1.54, 1.807) is 6.07 Å². The molecule has 0 aliphatic rings. The van der Waals surface area contributed by atoms with E-state index in [2.05, 4.69) is 33.9 Å². The first-order chi connectivity index (χ1) is 13.3. The van der Waals surface area contributed by atoms with Crippen LogP contribution in [0.1, 0.15) is 20.3 Å². The summed E-state index contributed by atoms with van der Waals surface area (Å²) in [6, 6.07) is 11.5. The van der Waals surface area contributed by atoms with Gasteiger partial charge in [-0.3, -0.25) is 4.72 Å². The SMILES string of the molecule is CC(C)CCNc1nc2ccccc2nc1NS(=O)(=O)c1cc(Cl)ccc1Cl. The van der Waals surface area contributed by atoms with E-state index < -0.39 is 10.0 Å². The first-order valence-corrected chi connectivity index (χ1v) is 11.0. The van der Waals surface area contributed by atoms with Gasteiger partial charge in [0.1, 0.15) is 4.90 Å². The Labute approximate surface area is 174 Å². The zero-order valence-corrected chi connectivity index (χ0v) is 17.7. The molecule has 0 fully saturated rings. The van der Waals surface area contributed by atoms with Gasteiger partial charge in [-0.25, -0.2) is 18.4 Å². The summed E-state index contributed by atoms with van der Waals surface area (Å²) < 4.78 is 28.3. The number of nitrogens with zero attached hydrogens (tertiary/aromatic N) is 2. The highest BCUT2D eigenvalue weighted by atomic mass is 35.5. The molecular weight excluding hydrogens is 419 g/mol. The summed E-state index contributed by atoms with van der Waals surface area (Å²) in [7, 11) is -4.01. The van der Waals surface area contributed by atoms with Crippen molar-refractivity contribution in [3.05, 3.63) is 52.5 Å². The van der Waals surface area contributed by atoms with Crippen LogP contribution in [0.3, 0.4) is 0 Å². The summed E-state index contributed by atoms with van der Waals surface area (Å²) in [5, 5.41) is 3.51. The second-order valence-corrected chi connectivity index (χ2v) is 9.19. The number of nitrogens with one attached hydrogen (secondary N) is 2. The Morgan fingerprint density at radius 1 is 1.00 bits per heavy atom. The molecule has 2 aromatic carbocycles. The van der Waals surface area contributed by atoms with E-state index in [9.17, 15) is 8.42 Å². The Kier molecular flexibility index (Phi) is 6.27. The molecule has 148 valence electrons. The molecule has 1 heterocycles. The predicted octanol–water partition coefficient (Wildman–Crippen LogP) is 5.20. The van der Waals surface area contributed by atoms with E-state index in [1.165, 1.54) is 18.2 Å². The van der Waals surface area contributed by atoms with Crippen LogP contribution < -0.4 is 10.0 Å². The molecule has 0 atom stereocenters. The lowest BCUT2D eigenvalue weighted by Crippen LogP contribution is -2.17. The van der Waals surface area contributed by atoms with Crippen molar-refractivity contribution >= 4 is 55.9 Å². The molecular formula is C19H20Cl2N4O2S. The highest BCUT2D eigenvalue weighted by Gasteiger charge is 2.22. The first-order valence-electron chi connectivity index (χ1n) is 8.75. The average Bonchev–Trinajstić information content (AvgIpc) is 2.63. The molecule has 2 N–H and O–H groups in total. The number of hydrogen-bond donors (Lipinski definition) is 2. The normalized spacial score (nSPS) is 11.8. The number of para-hydroxylation sites is 2. The Morgan fingerprint density at radius 2 is 1.64 bits per heavy atom. The average molecular weight is 439 g/mol. The van der Waals surface area contributed by atoms with Crippen molar-refractivity contribution in [2.24, 2.45) is 5.92 Å². The maximum Gasteiger partial charge on any atom is 0.264 e. The number of aromatic nitrogens is 2. The molecule has 6 nitrogen and oxygen atoms in total. The number of benzene rings is 2. The number of halogens is 2. The van der Waals surface area contributed by atoms with Crippen molar-refractivity contribution in [2.75, 3.05) is 16.6 Å². The van der Waals surface area contributed by atoms with Gasteiger partial charge in [0, 0.05) is 11.6 Å². The van der Waals surface area contributed by atoms with Crippen LogP contribution in [0.4, 0.5) is 11.6 Å². The fraction of sp³-hybridized carbons (Fsp3) is 0.263.